The number of thioether (sulfide) groups is 1. The number of rotatable bonds is 16. The smallest absolute Gasteiger partial charge is 0.345 e. The standard InChI is InChI=1S/C23H44O4S/c1-5-9-13-19(7-3)17-26-22(24)23(28-21-15-11-12-16-25-21)27-18-20(8-4)14-10-6-2/h19-21,23H,5-18H2,1-4H3. The third-order valence-corrected chi connectivity index (χ3v) is 6.89. The summed E-state index contributed by atoms with van der Waals surface area (Å²) in [7, 11) is 0. The second-order valence-electron chi connectivity index (χ2n) is 8.06. The van der Waals surface area contributed by atoms with Crippen LogP contribution in [0.4, 0.5) is 0 Å². The van der Waals surface area contributed by atoms with Crippen LogP contribution in [0.1, 0.15) is 98.3 Å². The van der Waals surface area contributed by atoms with Crippen LogP contribution in [-0.2, 0) is 19.0 Å². The van der Waals surface area contributed by atoms with Gasteiger partial charge in [-0.1, -0.05) is 78.0 Å². The zero-order valence-corrected chi connectivity index (χ0v) is 19.6. The fourth-order valence-electron chi connectivity index (χ4n) is 3.41. The average molecular weight is 417 g/mol. The van der Waals surface area contributed by atoms with Gasteiger partial charge in [0.05, 0.1) is 13.2 Å². The third-order valence-electron chi connectivity index (χ3n) is 5.64. The van der Waals surface area contributed by atoms with Crippen molar-refractivity contribution in [1.82, 2.24) is 0 Å². The zero-order valence-electron chi connectivity index (χ0n) is 18.8. The van der Waals surface area contributed by atoms with E-state index < -0.39 is 5.44 Å². The molecule has 0 saturated carbocycles. The summed E-state index contributed by atoms with van der Waals surface area (Å²) in [6.07, 6.45) is 12.5. The molecule has 0 aromatic heterocycles. The van der Waals surface area contributed by atoms with Crippen LogP contribution in [0.15, 0.2) is 0 Å². The van der Waals surface area contributed by atoms with Gasteiger partial charge < -0.3 is 14.2 Å². The topological polar surface area (TPSA) is 44.8 Å². The molecular formula is C23H44O4S. The van der Waals surface area contributed by atoms with Crippen LogP contribution in [-0.4, -0.2) is 36.7 Å². The minimum absolute atomic E-state index is 0.0454. The minimum atomic E-state index is -0.567. The van der Waals surface area contributed by atoms with Crippen molar-refractivity contribution in [3.63, 3.8) is 0 Å². The van der Waals surface area contributed by atoms with E-state index in [1.165, 1.54) is 37.4 Å². The van der Waals surface area contributed by atoms with Crippen molar-refractivity contribution in [2.45, 2.75) is 109 Å². The van der Waals surface area contributed by atoms with E-state index in [9.17, 15) is 4.79 Å². The van der Waals surface area contributed by atoms with Gasteiger partial charge in [0.25, 0.3) is 0 Å². The Kier molecular flexibility index (Phi) is 15.2. The van der Waals surface area contributed by atoms with Crippen LogP contribution in [0.2, 0.25) is 0 Å². The van der Waals surface area contributed by atoms with Crippen LogP contribution in [0.3, 0.4) is 0 Å². The van der Waals surface area contributed by atoms with Crippen LogP contribution in [0.5, 0.6) is 0 Å². The first kappa shape index (κ1) is 25.8. The molecule has 0 spiro atoms. The Balaban J connectivity index is 2.57. The fraction of sp³-hybridized carbons (Fsp3) is 0.957. The van der Waals surface area contributed by atoms with Crippen LogP contribution in [0, 0.1) is 11.8 Å². The van der Waals surface area contributed by atoms with Gasteiger partial charge in [-0.25, -0.2) is 4.79 Å². The van der Waals surface area contributed by atoms with E-state index in [0.717, 1.165) is 51.6 Å². The van der Waals surface area contributed by atoms with Gasteiger partial charge in [-0.3, -0.25) is 0 Å². The predicted octanol–water partition coefficient (Wildman–Crippen LogP) is 6.56. The molecule has 0 aromatic carbocycles. The van der Waals surface area contributed by atoms with E-state index in [-0.39, 0.29) is 11.4 Å². The molecule has 1 heterocycles. The Morgan fingerprint density at radius 2 is 1.64 bits per heavy atom. The van der Waals surface area contributed by atoms with Crippen LogP contribution in [0.25, 0.3) is 0 Å². The van der Waals surface area contributed by atoms with Gasteiger partial charge in [-0.2, -0.15) is 0 Å². The first-order chi connectivity index (χ1) is 13.6. The molecule has 0 N–H and O–H groups in total. The lowest BCUT2D eigenvalue weighted by Crippen LogP contribution is -2.31. The summed E-state index contributed by atoms with van der Waals surface area (Å²) in [4.78, 5) is 12.8. The highest BCUT2D eigenvalue weighted by molar-refractivity contribution is 8.00. The largest absolute Gasteiger partial charge is 0.463 e. The lowest BCUT2D eigenvalue weighted by atomic mass is 10.0. The molecule has 1 rings (SSSR count). The van der Waals surface area contributed by atoms with Gasteiger partial charge in [0, 0.05) is 6.61 Å². The Morgan fingerprint density at radius 1 is 1.00 bits per heavy atom. The van der Waals surface area contributed by atoms with Gasteiger partial charge in [0.1, 0.15) is 5.44 Å². The summed E-state index contributed by atoms with van der Waals surface area (Å²) in [6, 6.07) is 0. The Hall–Kier alpha value is -0.260. The zero-order chi connectivity index (χ0) is 20.6. The van der Waals surface area contributed by atoms with Crippen LogP contribution < -0.4 is 0 Å². The molecule has 0 amide bonds. The first-order valence-corrected chi connectivity index (χ1v) is 12.6. The van der Waals surface area contributed by atoms with Gasteiger partial charge in [-0.15, -0.1) is 0 Å². The number of hydrogen-bond acceptors (Lipinski definition) is 5. The molecule has 4 unspecified atom stereocenters. The molecule has 28 heavy (non-hydrogen) atoms. The van der Waals surface area contributed by atoms with Gasteiger partial charge >= 0.3 is 5.97 Å². The third kappa shape index (κ3) is 11.1. The predicted molar refractivity (Wildman–Crippen MR) is 118 cm³/mol. The Bertz CT molecular complexity index is 385. The van der Waals surface area contributed by atoms with E-state index in [1.54, 1.807) is 0 Å². The highest BCUT2D eigenvalue weighted by Gasteiger charge is 2.29. The molecule has 1 fully saturated rings. The molecule has 0 bridgehead atoms. The average Bonchev–Trinajstić information content (AvgIpc) is 2.73. The fourth-order valence-corrected chi connectivity index (χ4v) is 4.50. The maximum Gasteiger partial charge on any atom is 0.345 e. The van der Waals surface area contributed by atoms with Gasteiger partial charge in [0.2, 0.25) is 5.44 Å². The van der Waals surface area contributed by atoms with Crippen molar-refractivity contribution in [2.24, 2.45) is 11.8 Å². The molecule has 4 nitrogen and oxygen atoms in total. The number of carbonyl (C=O) groups is 1. The summed E-state index contributed by atoms with van der Waals surface area (Å²) < 4.78 is 17.6. The molecule has 166 valence electrons. The molecule has 0 aromatic rings. The molecule has 4 atom stereocenters. The van der Waals surface area contributed by atoms with Crippen molar-refractivity contribution in [3.8, 4) is 0 Å². The lowest BCUT2D eigenvalue weighted by molar-refractivity contribution is -0.153. The molecule has 0 radical (unpaired) electrons. The van der Waals surface area contributed by atoms with E-state index in [4.69, 9.17) is 14.2 Å². The molecule has 5 heteroatoms. The summed E-state index contributed by atoms with van der Waals surface area (Å²) in [5.41, 5.74) is -0.522. The molecular weight excluding hydrogens is 372 g/mol. The monoisotopic (exact) mass is 416 g/mol. The second kappa shape index (κ2) is 16.5. The quantitative estimate of drug-likeness (QED) is 0.210. The van der Waals surface area contributed by atoms with E-state index in [1.807, 2.05) is 0 Å². The van der Waals surface area contributed by atoms with Crippen LogP contribution >= 0.6 is 11.8 Å². The SMILES string of the molecule is CCCCC(CC)COC(=O)C(OCC(CC)CCCC)SC1CCCCO1. The van der Waals surface area contributed by atoms with E-state index >= 15 is 0 Å². The number of carbonyl (C=O) groups excluding carboxylic acids is 1. The lowest BCUT2D eigenvalue weighted by Gasteiger charge is -2.27. The van der Waals surface area contributed by atoms with Crippen molar-refractivity contribution >= 4 is 17.7 Å². The number of ether oxygens (including phenoxy) is 3. The highest BCUT2D eigenvalue weighted by atomic mass is 32.2. The van der Waals surface area contributed by atoms with Crippen molar-refractivity contribution in [3.05, 3.63) is 0 Å². The summed E-state index contributed by atoms with van der Waals surface area (Å²) in [5.74, 6) is 0.740. The molecule has 1 saturated heterocycles. The molecule has 0 aliphatic carbocycles. The number of unbranched alkanes of at least 4 members (excludes halogenated alkanes) is 2. The van der Waals surface area contributed by atoms with Crippen molar-refractivity contribution in [2.75, 3.05) is 19.8 Å². The number of esters is 1. The normalized spacial score (nSPS) is 20.5. The summed E-state index contributed by atoms with van der Waals surface area (Å²) in [6.45, 7) is 10.7. The van der Waals surface area contributed by atoms with Gasteiger partial charge in [0.15, 0.2) is 0 Å². The van der Waals surface area contributed by atoms with E-state index in [2.05, 4.69) is 27.7 Å². The second-order valence-corrected chi connectivity index (χ2v) is 9.29. The number of hydrogen-bond donors (Lipinski definition) is 0. The van der Waals surface area contributed by atoms with E-state index in [0.29, 0.717) is 25.0 Å². The Labute approximate surface area is 177 Å². The Morgan fingerprint density at radius 3 is 2.18 bits per heavy atom. The molecule has 1 aliphatic heterocycles. The maximum atomic E-state index is 12.8. The molecule has 1 aliphatic rings. The van der Waals surface area contributed by atoms with Gasteiger partial charge in [-0.05, 0) is 43.9 Å². The maximum absolute atomic E-state index is 12.8. The summed E-state index contributed by atoms with van der Waals surface area (Å²) in [5, 5.41) is 0. The van der Waals surface area contributed by atoms with Crippen molar-refractivity contribution < 1.29 is 19.0 Å². The first-order valence-electron chi connectivity index (χ1n) is 11.7. The van der Waals surface area contributed by atoms with Crippen molar-refractivity contribution in [1.29, 1.82) is 0 Å². The minimum Gasteiger partial charge on any atom is -0.463 e. The summed E-state index contributed by atoms with van der Waals surface area (Å²) >= 11 is 1.51. The highest BCUT2D eigenvalue weighted by Crippen LogP contribution is 2.29.